The predicted octanol–water partition coefficient (Wildman–Crippen LogP) is 0.928. The van der Waals surface area contributed by atoms with Crippen LogP contribution in [0.5, 0.6) is 0 Å². The molecular weight excluding hydrogens is 228 g/mol. The minimum absolute atomic E-state index is 0.0700. The lowest BCUT2D eigenvalue weighted by atomic mass is 10.2. The van der Waals surface area contributed by atoms with E-state index in [-0.39, 0.29) is 12.7 Å². The predicted molar refractivity (Wildman–Crippen MR) is 61.3 cm³/mol. The first kappa shape index (κ1) is 11.8. The van der Waals surface area contributed by atoms with Gasteiger partial charge in [-0.15, -0.1) is 0 Å². The molecule has 1 fully saturated rings. The van der Waals surface area contributed by atoms with Gasteiger partial charge in [-0.05, 0) is 11.6 Å². The summed E-state index contributed by atoms with van der Waals surface area (Å²) < 4.78 is 5.39. The summed E-state index contributed by atoms with van der Waals surface area (Å²) >= 11 is 6.04. The van der Waals surface area contributed by atoms with Crippen LogP contribution in [0.4, 0.5) is 0 Å². The molecule has 1 aliphatic rings. The van der Waals surface area contributed by atoms with Gasteiger partial charge in [-0.25, -0.2) is 0 Å². The molecular formula is C11H15ClN2O2. The third kappa shape index (κ3) is 2.92. The van der Waals surface area contributed by atoms with E-state index in [9.17, 15) is 0 Å². The van der Waals surface area contributed by atoms with Gasteiger partial charge in [0.05, 0.1) is 24.3 Å². The summed E-state index contributed by atoms with van der Waals surface area (Å²) in [6.07, 6.45) is 3.32. The first-order valence-corrected chi connectivity index (χ1v) is 5.70. The number of aliphatic hydroxyl groups excluding tert-OH is 1. The van der Waals surface area contributed by atoms with Crippen molar-refractivity contribution in [1.29, 1.82) is 0 Å². The molecule has 16 heavy (non-hydrogen) atoms. The maximum absolute atomic E-state index is 9.04. The van der Waals surface area contributed by atoms with Gasteiger partial charge in [0.1, 0.15) is 0 Å². The molecule has 2 heterocycles. The van der Waals surface area contributed by atoms with Crippen molar-refractivity contribution in [2.24, 2.45) is 0 Å². The Morgan fingerprint density at radius 2 is 2.50 bits per heavy atom. The standard InChI is InChI=1S/C11H15ClN2O2/c12-11-5-13-2-1-9(11)6-14-3-4-16-10(7-14)8-15/h1-2,5,10,15H,3-4,6-8H2. The number of hydrogen-bond donors (Lipinski definition) is 1. The molecule has 1 atom stereocenters. The average molecular weight is 243 g/mol. The zero-order valence-electron chi connectivity index (χ0n) is 8.97. The number of nitrogens with zero attached hydrogens (tertiary/aromatic N) is 2. The first-order chi connectivity index (χ1) is 7.79. The monoisotopic (exact) mass is 242 g/mol. The molecule has 1 unspecified atom stereocenters. The van der Waals surface area contributed by atoms with Crippen molar-refractivity contribution in [1.82, 2.24) is 9.88 Å². The molecule has 2 rings (SSSR count). The summed E-state index contributed by atoms with van der Waals surface area (Å²) in [7, 11) is 0. The fourth-order valence-electron chi connectivity index (χ4n) is 1.81. The Hall–Kier alpha value is -0.680. The summed E-state index contributed by atoms with van der Waals surface area (Å²) in [5.41, 5.74) is 1.07. The fraction of sp³-hybridized carbons (Fsp3) is 0.545. The van der Waals surface area contributed by atoms with Crippen LogP contribution in [0, 0.1) is 0 Å². The second-order valence-electron chi connectivity index (χ2n) is 3.88. The van der Waals surface area contributed by atoms with Gasteiger partial charge < -0.3 is 9.84 Å². The van der Waals surface area contributed by atoms with Crippen LogP contribution >= 0.6 is 11.6 Å². The molecule has 0 amide bonds. The number of aromatic nitrogens is 1. The first-order valence-electron chi connectivity index (χ1n) is 5.33. The van der Waals surface area contributed by atoms with E-state index in [2.05, 4.69) is 9.88 Å². The van der Waals surface area contributed by atoms with E-state index < -0.39 is 0 Å². The van der Waals surface area contributed by atoms with E-state index in [1.54, 1.807) is 12.4 Å². The summed E-state index contributed by atoms with van der Waals surface area (Å²) in [4.78, 5) is 6.18. The van der Waals surface area contributed by atoms with Gasteiger partial charge in [0, 0.05) is 32.0 Å². The molecule has 5 heteroatoms. The fourth-order valence-corrected chi connectivity index (χ4v) is 1.99. The van der Waals surface area contributed by atoms with E-state index in [1.165, 1.54) is 0 Å². The van der Waals surface area contributed by atoms with E-state index in [1.807, 2.05) is 6.07 Å². The Labute approximate surface area is 99.8 Å². The normalized spacial score (nSPS) is 22.2. The maximum Gasteiger partial charge on any atom is 0.0933 e. The number of rotatable bonds is 3. The minimum Gasteiger partial charge on any atom is -0.394 e. The van der Waals surface area contributed by atoms with Crippen molar-refractivity contribution >= 4 is 11.6 Å². The van der Waals surface area contributed by atoms with Gasteiger partial charge in [-0.2, -0.15) is 0 Å². The summed E-state index contributed by atoms with van der Waals surface area (Å²) in [6.45, 7) is 3.13. The molecule has 88 valence electrons. The van der Waals surface area contributed by atoms with Crippen LogP contribution in [0.25, 0.3) is 0 Å². The molecule has 1 N–H and O–H groups in total. The molecule has 0 radical (unpaired) electrons. The van der Waals surface area contributed by atoms with Crippen LogP contribution < -0.4 is 0 Å². The van der Waals surface area contributed by atoms with Crippen LogP contribution in [0.3, 0.4) is 0 Å². The van der Waals surface area contributed by atoms with Gasteiger partial charge in [0.2, 0.25) is 0 Å². The highest BCUT2D eigenvalue weighted by Crippen LogP contribution is 2.17. The molecule has 0 spiro atoms. The lowest BCUT2D eigenvalue weighted by molar-refractivity contribution is -0.0551. The van der Waals surface area contributed by atoms with Crippen LogP contribution in [0.2, 0.25) is 5.02 Å². The number of morpholine rings is 1. The van der Waals surface area contributed by atoms with Gasteiger partial charge >= 0.3 is 0 Å². The molecule has 1 aromatic heterocycles. The maximum atomic E-state index is 9.04. The lowest BCUT2D eigenvalue weighted by Crippen LogP contribution is -2.43. The summed E-state index contributed by atoms with van der Waals surface area (Å²) in [5, 5.41) is 9.73. The molecule has 0 saturated carbocycles. The zero-order chi connectivity index (χ0) is 11.4. The number of halogens is 1. The summed E-state index contributed by atoms with van der Waals surface area (Å²) in [6, 6.07) is 1.92. The number of aliphatic hydroxyl groups is 1. The molecule has 0 aliphatic carbocycles. The number of pyridine rings is 1. The number of ether oxygens (including phenoxy) is 1. The molecule has 0 aromatic carbocycles. The van der Waals surface area contributed by atoms with E-state index in [4.69, 9.17) is 21.4 Å². The Bertz CT molecular complexity index is 349. The highest BCUT2D eigenvalue weighted by atomic mass is 35.5. The van der Waals surface area contributed by atoms with Crippen LogP contribution in [-0.2, 0) is 11.3 Å². The topological polar surface area (TPSA) is 45.6 Å². The molecule has 1 saturated heterocycles. The quantitative estimate of drug-likeness (QED) is 0.857. The van der Waals surface area contributed by atoms with Gasteiger partial charge in [-0.1, -0.05) is 11.6 Å². The largest absolute Gasteiger partial charge is 0.394 e. The molecule has 1 aliphatic heterocycles. The van der Waals surface area contributed by atoms with Crippen molar-refractivity contribution in [3.8, 4) is 0 Å². The third-order valence-electron chi connectivity index (χ3n) is 2.68. The smallest absolute Gasteiger partial charge is 0.0933 e. The van der Waals surface area contributed by atoms with E-state index in [0.29, 0.717) is 11.6 Å². The Kier molecular flexibility index (Phi) is 4.12. The Morgan fingerprint density at radius 1 is 1.62 bits per heavy atom. The minimum atomic E-state index is -0.0747. The molecule has 4 nitrogen and oxygen atoms in total. The van der Waals surface area contributed by atoms with Crippen LogP contribution in [0.15, 0.2) is 18.5 Å². The number of hydrogen-bond acceptors (Lipinski definition) is 4. The van der Waals surface area contributed by atoms with Crippen molar-refractivity contribution in [2.75, 3.05) is 26.3 Å². The SMILES string of the molecule is OCC1CN(Cc2ccncc2Cl)CCO1. The van der Waals surface area contributed by atoms with Gasteiger partial charge in [0.25, 0.3) is 0 Å². The van der Waals surface area contributed by atoms with E-state index >= 15 is 0 Å². The highest BCUT2D eigenvalue weighted by Gasteiger charge is 2.20. The van der Waals surface area contributed by atoms with Crippen LogP contribution in [0.1, 0.15) is 5.56 Å². The van der Waals surface area contributed by atoms with E-state index in [0.717, 1.165) is 25.2 Å². The van der Waals surface area contributed by atoms with Gasteiger partial charge in [-0.3, -0.25) is 9.88 Å². The third-order valence-corrected chi connectivity index (χ3v) is 3.02. The second-order valence-corrected chi connectivity index (χ2v) is 4.28. The summed E-state index contributed by atoms with van der Waals surface area (Å²) in [5.74, 6) is 0. The Balaban J connectivity index is 1.97. The Morgan fingerprint density at radius 3 is 3.25 bits per heavy atom. The average Bonchev–Trinajstić information content (AvgIpc) is 2.32. The van der Waals surface area contributed by atoms with Crippen LogP contribution in [-0.4, -0.2) is 47.4 Å². The molecule has 0 bridgehead atoms. The zero-order valence-corrected chi connectivity index (χ0v) is 9.73. The van der Waals surface area contributed by atoms with Crippen molar-refractivity contribution in [2.45, 2.75) is 12.6 Å². The van der Waals surface area contributed by atoms with Crippen molar-refractivity contribution in [3.63, 3.8) is 0 Å². The van der Waals surface area contributed by atoms with Crippen molar-refractivity contribution in [3.05, 3.63) is 29.0 Å². The second kappa shape index (κ2) is 5.59. The lowest BCUT2D eigenvalue weighted by Gasteiger charge is -2.32. The molecule has 1 aromatic rings. The highest BCUT2D eigenvalue weighted by molar-refractivity contribution is 6.31. The van der Waals surface area contributed by atoms with Crippen molar-refractivity contribution < 1.29 is 9.84 Å². The van der Waals surface area contributed by atoms with Gasteiger partial charge in [0.15, 0.2) is 0 Å².